The van der Waals surface area contributed by atoms with Crippen LogP contribution in [0.3, 0.4) is 0 Å². The van der Waals surface area contributed by atoms with Gasteiger partial charge in [-0.2, -0.15) is 0 Å². The minimum Gasteiger partial charge on any atom is -0.353 e. The predicted molar refractivity (Wildman–Crippen MR) is 118 cm³/mol. The van der Waals surface area contributed by atoms with Crippen LogP contribution in [0.15, 0.2) is 54.6 Å². The molecule has 2 amide bonds. The van der Waals surface area contributed by atoms with Gasteiger partial charge < -0.3 is 15.5 Å². The zero-order chi connectivity index (χ0) is 21.4. The molecule has 0 heterocycles. The lowest BCUT2D eigenvalue weighted by Crippen LogP contribution is -2.52. The minimum atomic E-state index is -0.613. The third-order valence-electron chi connectivity index (χ3n) is 4.90. The van der Waals surface area contributed by atoms with Crippen LogP contribution in [0.5, 0.6) is 0 Å². The first-order chi connectivity index (χ1) is 13.8. The highest BCUT2D eigenvalue weighted by molar-refractivity contribution is 6.30. The number of nitrogens with zero attached hydrogens (tertiary/aromatic N) is 1. The second-order valence-corrected chi connectivity index (χ2v) is 8.19. The number of likely N-dealkylation sites (N-methyl/N-ethyl adjacent to an activating group) is 1. The van der Waals surface area contributed by atoms with Crippen molar-refractivity contribution in [3.8, 4) is 0 Å². The molecule has 2 atom stereocenters. The van der Waals surface area contributed by atoms with Crippen LogP contribution in [-0.2, 0) is 11.2 Å². The molecular formula is C23H30ClN3O2. The number of nitrogens with one attached hydrogen (secondary N) is 2. The summed E-state index contributed by atoms with van der Waals surface area (Å²) >= 11 is 5.88. The Morgan fingerprint density at radius 2 is 1.62 bits per heavy atom. The molecule has 2 aromatic rings. The number of carbonyl (C=O) groups excluding carboxylic acids is 2. The summed E-state index contributed by atoms with van der Waals surface area (Å²) in [7, 11) is 4.00. The van der Waals surface area contributed by atoms with Gasteiger partial charge >= 0.3 is 0 Å². The van der Waals surface area contributed by atoms with E-state index in [1.807, 2.05) is 46.1 Å². The zero-order valence-corrected chi connectivity index (χ0v) is 18.2. The van der Waals surface area contributed by atoms with E-state index in [-0.39, 0.29) is 23.8 Å². The van der Waals surface area contributed by atoms with Gasteiger partial charge in [0.2, 0.25) is 5.91 Å². The Hall–Kier alpha value is -2.37. The standard InChI is InChI=1S/C23H30ClN3O2/c1-16(2)21(26-22(28)18-10-12-19(24)13-11-18)23(29)25-15-20(27(3)4)14-17-8-6-5-7-9-17/h5-13,16,20-21H,14-15H2,1-4H3,(H,25,29)(H,26,28). The highest BCUT2D eigenvalue weighted by Gasteiger charge is 2.25. The molecule has 0 aliphatic heterocycles. The fraction of sp³-hybridized carbons (Fsp3) is 0.391. The quantitative estimate of drug-likeness (QED) is 0.660. The Balaban J connectivity index is 1.98. The summed E-state index contributed by atoms with van der Waals surface area (Å²) in [6.45, 7) is 4.33. The van der Waals surface area contributed by atoms with E-state index in [1.165, 1.54) is 5.56 Å². The van der Waals surface area contributed by atoms with Gasteiger partial charge in [0, 0.05) is 23.2 Å². The number of hydrogen-bond donors (Lipinski definition) is 2. The molecule has 0 saturated heterocycles. The van der Waals surface area contributed by atoms with Crippen LogP contribution in [0.25, 0.3) is 0 Å². The average molecular weight is 416 g/mol. The van der Waals surface area contributed by atoms with Crippen molar-refractivity contribution >= 4 is 23.4 Å². The van der Waals surface area contributed by atoms with E-state index in [4.69, 9.17) is 11.6 Å². The van der Waals surface area contributed by atoms with Crippen molar-refractivity contribution in [2.24, 2.45) is 5.92 Å². The Morgan fingerprint density at radius 1 is 1.00 bits per heavy atom. The largest absolute Gasteiger partial charge is 0.353 e. The van der Waals surface area contributed by atoms with Crippen LogP contribution < -0.4 is 10.6 Å². The molecule has 0 aromatic heterocycles. The number of hydrogen-bond acceptors (Lipinski definition) is 3. The number of benzene rings is 2. The molecule has 0 saturated carbocycles. The maximum Gasteiger partial charge on any atom is 0.251 e. The summed E-state index contributed by atoms with van der Waals surface area (Å²) in [6, 6.07) is 16.3. The number of halogens is 1. The Bertz CT molecular complexity index is 792. The maximum atomic E-state index is 12.8. The molecule has 0 aliphatic rings. The lowest BCUT2D eigenvalue weighted by atomic mass is 10.0. The lowest BCUT2D eigenvalue weighted by molar-refractivity contribution is -0.124. The molecule has 2 N–H and O–H groups in total. The summed E-state index contributed by atoms with van der Waals surface area (Å²) in [6.07, 6.45) is 0.831. The smallest absolute Gasteiger partial charge is 0.251 e. The maximum absolute atomic E-state index is 12.8. The van der Waals surface area contributed by atoms with Crippen molar-refractivity contribution < 1.29 is 9.59 Å². The molecule has 5 nitrogen and oxygen atoms in total. The lowest BCUT2D eigenvalue weighted by Gasteiger charge is -2.27. The van der Waals surface area contributed by atoms with Crippen LogP contribution in [0.4, 0.5) is 0 Å². The highest BCUT2D eigenvalue weighted by atomic mass is 35.5. The van der Waals surface area contributed by atoms with E-state index in [0.29, 0.717) is 17.1 Å². The second-order valence-electron chi connectivity index (χ2n) is 7.75. The van der Waals surface area contributed by atoms with Crippen LogP contribution >= 0.6 is 11.6 Å². The van der Waals surface area contributed by atoms with E-state index in [2.05, 4.69) is 27.7 Å². The molecule has 0 aliphatic carbocycles. The van der Waals surface area contributed by atoms with Crippen molar-refractivity contribution in [2.45, 2.75) is 32.4 Å². The van der Waals surface area contributed by atoms with E-state index in [0.717, 1.165) is 6.42 Å². The average Bonchev–Trinajstić information content (AvgIpc) is 2.69. The molecule has 0 spiro atoms. The SMILES string of the molecule is CC(C)C(NC(=O)c1ccc(Cl)cc1)C(=O)NCC(Cc1ccccc1)N(C)C. The third-order valence-corrected chi connectivity index (χ3v) is 5.15. The predicted octanol–water partition coefficient (Wildman–Crippen LogP) is 3.38. The zero-order valence-electron chi connectivity index (χ0n) is 17.5. The van der Waals surface area contributed by atoms with Crippen LogP contribution in [0.1, 0.15) is 29.8 Å². The third kappa shape index (κ3) is 7.18. The van der Waals surface area contributed by atoms with Gasteiger partial charge in [-0.25, -0.2) is 0 Å². The normalized spacial score (nSPS) is 13.2. The minimum absolute atomic E-state index is 0.0434. The Morgan fingerprint density at radius 3 is 2.17 bits per heavy atom. The first-order valence-electron chi connectivity index (χ1n) is 9.82. The Labute approximate surface area is 178 Å². The first kappa shape index (κ1) is 22.9. The van der Waals surface area contributed by atoms with Gasteiger partial charge in [-0.1, -0.05) is 55.8 Å². The van der Waals surface area contributed by atoms with Gasteiger partial charge in [0.25, 0.3) is 5.91 Å². The molecule has 29 heavy (non-hydrogen) atoms. The first-order valence-corrected chi connectivity index (χ1v) is 10.2. The fourth-order valence-corrected chi connectivity index (χ4v) is 3.14. The fourth-order valence-electron chi connectivity index (χ4n) is 3.01. The van der Waals surface area contributed by atoms with Crippen molar-refractivity contribution in [1.29, 1.82) is 0 Å². The molecule has 2 unspecified atom stereocenters. The van der Waals surface area contributed by atoms with Gasteiger partial charge in [-0.3, -0.25) is 9.59 Å². The van der Waals surface area contributed by atoms with Gasteiger partial charge in [-0.15, -0.1) is 0 Å². The summed E-state index contributed by atoms with van der Waals surface area (Å²) in [5, 5.41) is 6.43. The van der Waals surface area contributed by atoms with Crippen molar-refractivity contribution in [3.63, 3.8) is 0 Å². The van der Waals surface area contributed by atoms with E-state index >= 15 is 0 Å². The van der Waals surface area contributed by atoms with Gasteiger partial charge in [0.15, 0.2) is 0 Å². The summed E-state index contributed by atoms with van der Waals surface area (Å²) < 4.78 is 0. The van der Waals surface area contributed by atoms with Crippen LogP contribution in [0, 0.1) is 5.92 Å². The Kier molecular flexibility index (Phi) is 8.68. The van der Waals surface area contributed by atoms with Gasteiger partial charge in [0.05, 0.1) is 0 Å². The number of amides is 2. The molecule has 0 radical (unpaired) electrons. The molecule has 156 valence electrons. The van der Waals surface area contributed by atoms with Crippen molar-refractivity contribution in [3.05, 3.63) is 70.7 Å². The van der Waals surface area contributed by atoms with E-state index in [1.54, 1.807) is 24.3 Å². The highest BCUT2D eigenvalue weighted by Crippen LogP contribution is 2.11. The molecule has 0 bridgehead atoms. The topological polar surface area (TPSA) is 61.4 Å². The molecule has 0 fully saturated rings. The van der Waals surface area contributed by atoms with E-state index in [9.17, 15) is 9.59 Å². The molecule has 6 heteroatoms. The van der Waals surface area contributed by atoms with Crippen molar-refractivity contribution in [2.75, 3.05) is 20.6 Å². The summed E-state index contributed by atoms with van der Waals surface area (Å²) in [5.74, 6) is -0.510. The summed E-state index contributed by atoms with van der Waals surface area (Å²) in [5.41, 5.74) is 1.69. The molecule has 2 rings (SSSR count). The van der Waals surface area contributed by atoms with Crippen LogP contribution in [-0.4, -0.2) is 49.4 Å². The van der Waals surface area contributed by atoms with E-state index < -0.39 is 6.04 Å². The molecular weight excluding hydrogens is 386 g/mol. The summed E-state index contributed by atoms with van der Waals surface area (Å²) in [4.78, 5) is 27.4. The molecule has 2 aromatic carbocycles. The second kappa shape index (κ2) is 11.0. The van der Waals surface area contributed by atoms with Gasteiger partial charge in [0.1, 0.15) is 6.04 Å². The van der Waals surface area contributed by atoms with Crippen molar-refractivity contribution in [1.82, 2.24) is 15.5 Å². The van der Waals surface area contributed by atoms with Gasteiger partial charge in [-0.05, 0) is 56.3 Å². The number of carbonyl (C=O) groups is 2. The van der Waals surface area contributed by atoms with Crippen LogP contribution in [0.2, 0.25) is 5.02 Å². The number of rotatable bonds is 9. The monoisotopic (exact) mass is 415 g/mol.